The summed E-state index contributed by atoms with van der Waals surface area (Å²) in [4.78, 5) is 25.5. The predicted molar refractivity (Wildman–Crippen MR) is 256 cm³/mol. The van der Waals surface area contributed by atoms with Crippen LogP contribution in [-0.2, 0) is 38.7 Å². The smallest absolute Gasteiger partial charge is 0.306 e. The molecule has 1 fully saturated rings. The minimum atomic E-state index is -4.60. The highest BCUT2D eigenvalue weighted by Gasteiger charge is 2.46. The molecule has 0 bridgehead atoms. The third kappa shape index (κ3) is 35.3. The van der Waals surface area contributed by atoms with E-state index in [9.17, 15) is 37.9 Å². The first-order chi connectivity index (χ1) is 31.0. The van der Waals surface area contributed by atoms with Gasteiger partial charge in [0.05, 0.1) is 6.61 Å². The minimum absolute atomic E-state index is 0.163. The Kier molecular flexibility index (Phi) is 38.8. The molecule has 64 heavy (non-hydrogen) atoms. The maximum absolute atomic E-state index is 12.9. The average Bonchev–Trinajstić information content (AvgIpc) is 3.26. The molecular weight excluding hydrogens is 837 g/mol. The van der Waals surface area contributed by atoms with E-state index in [1.807, 2.05) is 0 Å². The summed E-state index contributed by atoms with van der Waals surface area (Å²) in [7, 11) is -4.60. The van der Waals surface area contributed by atoms with Crippen molar-refractivity contribution in [2.75, 3.05) is 19.0 Å². The molecule has 1 heterocycles. The van der Waals surface area contributed by atoms with Crippen LogP contribution in [0.3, 0.4) is 0 Å². The second kappa shape index (κ2) is 41.3. The van der Waals surface area contributed by atoms with Crippen molar-refractivity contribution >= 4 is 22.1 Å². The molecule has 6 atom stereocenters. The summed E-state index contributed by atoms with van der Waals surface area (Å²) < 4.78 is 54.2. The van der Waals surface area contributed by atoms with E-state index >= 15 is 0 Å². The van der Waals surface area contributed by atoms with Crippen LogP contribution in [0.25, 0.3) is 0 Å². The van der Waals surface area contributed by atoms with E-state index < -0.39 is 71.2 Å². The van der Waals surface area contributed by atoms with Gasteiger partial charge in [-0.05, 0) is 64.2 Å². The molecule has 0 amide bonds. The number of hydrogen-bond acceptors (Lipinski definition) is 11. The lowest BCUT2D eigenvalue weighted by atomic mass is 10.00. The second-order valence-corrected chi connectivity index (χ2v) is 19.7. The second-order valence-electron chi connectivity index (χ2n) is 18.2. The average molecular weight is 931 g/mol. The first-order valence-corrected chi connectivity index (χ1v) is 27.5. The number of esters is 2. The van der Waals surface area contributed by atoms with Crippen molar-refractivity contribution in [3.8, 4) is 0 Å². The van der Waals surface area contributed by atoms with Gasteiger partial charge in [0.15, 0.2) is 12.4 Å². The van der Waals surface area contributed by atoms with Gasteiger partial charge in [-0.2, -0.15) is 8.42 Å². The van der Waals surface area contributed by atoms with E-state index in [0.717, 1.165) is 44.9 Å². The van der Waals surface area contributed by atoms with Crippen LogP contribution >= 0.6 is 0 Å². The van der Waals surface area contributed by atoms with Gasteiger partial charge in [-0.25, -0.2) is 0 Å². The summed E-state index contributed by atoms with van der Waals surface area (Å²) in [5, 5.41) is 31.0. The van der Waals surface area contributed by atoms with Crippen molar-refractivity contribution in [2.24, 2.45) is 0 Å². The van der Waals surface area contributed by atoms with Gasteiger partial charge in [0.2, 0.25) is 0 Å². The van der Waals surface area contributed by atoms with Crippen LogP contribution in [0, 0.1) is 0 Å². The van der Waals surface area contributed by atoms with Crippen LogP contribution in [0.15, 0.2) is 24.3 Å². The van der Waals surface area contributed by atoms with Gasteiger partial charge in [-0.15, -0.1) is 0 Å². The standard InChI is InChI=1S/C51H94O12S/c1-3-5-7-9-11-13-15-17-19-21-22-24-26-28-30-32-34-36-38-40-47(53)62-44(42-61-51-50(56)49(55)48(54)45(63-51)43-64(57,58)59)41-60-46(52)39-37-35-33-31-29-27-25-23-20-18-16-14-12-10-8-6-4-2/h17-20,44-45,48-51,54-56H,3-16,21-43H2,1-2H3,(H,57,58,59)/b19-17-,20-18-. The van der Waals surface area contributed by atoms with E-state index in [2.05, 4.69) is 38.2 Å². The quantitative estimate of drug-likeness (QED) is 0.0196. The molecule has 0 aliphatic carbocycles. The molecule has 0 aromatic rings. The molecule has 1 aliphatic rings. The molecule has 4 N–H and O–H groups in total. The fourth-order valence-electron chi connectivity index (χ4n) is 7.96. The minimum Gasteiger partial charge on any atom is -0.462 e. The molecule has 1 aliphatic heterocycles. The van der Waals surface area contributed by atoms with Gasteiger partial charge in [0, 0.05) is 12.8 Å². The molecule has 13 heteroatoms. The third-order valence-corrected chi connectivity index (χ3v) is 12.8. The summed E-state index contributed by atoms with van der Waals surface area (Å²) in [5.74, 6) is -1.98. The first kappa shape index (κ1) is 60.1. The van der Waals surface area contributed by atoms with E-state index in [4.69, 9.17) is 18.9 Å². The highest BCUT2D eigenvalue weighted by Crippen LogP contribution is 2.24. The van der Waals surface area contributed by atoms with E-state index in [-0.39, 0.29) is 19.4 Å². The van der Waals surface area contributed by atoms with Crippen LogP contribution < -0.4 is 0 Å². The largest absolute Gasteiger partial charge is 0.462 e. The fraction of sp³-hybridized carbons (Fsp3) is 0.882. The number of carbonyl (C=O) groups is 2. The summed E-state index contributed by atoms with van der Waals surface area (Å²) in [6.45, 7) is 3.78. The topological polar surface area (TPSA) is 186 Å². The molecule has 0 aromatic carbocycles. The molecule has 376 valence electrons. The fourth-order valence-corrected chi connectivity index (χ4v) is 8.65. The van der Waals surface area contributed by atoms with Gasteiger partial charge in [0.1, 0.15) is 36.8 Å². The Morgan fingerprint density at radius 2 is 0.891 bits per heavy atom. The van der Waals surface area contributed by atoms with E-state index in [0.29, 0.717) is 12.8 Å². The van der Waals surface area contributed by atoms with Crippen molar-refractivity contribution in [1.82, 2.24) is 0 Å². The Bertz CT molecular complexity index is 1270. The number of aliphatic hydroxyl groups excluding tert-OH is 3. The Labute approximate surface area is 389 Å². The van der Waals surface area contributed by atoms with Gasteiger partial charge < -0.3 is 34.3 Å². The number of rotatable bonds is 44. The summed E-state index contributed by atoms with van der Waals surface area (Å²) >= 11 is 0. The molecule has 0 aromatic heterocycles. The van der Waals surface area contributed by atoms with Crippen LogP contribution in [0.2, 0.25) is 0 Å². The molecule has 12 nitrogen and oxygen atoms in total. The van der Waals surface area contributed by atoms with Crippen molar-refractivity contribution in [1.29, 1.82) is 0 Å². The van der Waals surface area contributed by atoms with Crippen LogP contribution in [-0.4, -0.2) is 96.0 Å². The lowest BCUT2D eigenvalue weighted by molar-refractivity contribution is -0.297. The zero-order chi connectivity index (χ0) is 46.9. The molecule has 1 saturated heterocycles. The molecule has 0 saturated carbocycles. The maximum Gasteiger partial charge on any atom is 0.306 e. The number of carbonyl (C=O) groups excluding carboxylic acids is 2. The van der Waals surface area contributed by atoms with Crippen LogP contribution in [0.1, 0.15) is 232 Å². The van der Waals surface area contributed by atoms with Gasteiger partial charge in [-0.1, -0.05) is 179 Å². The monoisotopic (exact) mass is 931 g/mol. The van der Waals surface area contributed by atoms with Gasteiger partial charge >= 0.3 is 11.9 Å². The summed E-state index contributed by atoms with van der Waals surface area (Å²) in [6.07, 6.45) is 37.8. The van der Waals surface area contributed by atoms with Crippen LogP contribution in [0.4, 0.5) is 0 Å². The number of allylic oxidation sites excluding steroid dienone is 4. The normalized spacial score (nSPS) is 19.8. The highest BCUT2D eigenvalue weighted by atomic mass is 32.2. The molecule has 6 unspecified atom stereocenters. The Hall–Kier alpha value is -1.87. The molecule has 0 radical (unpaired) electrons. The molecule has 0 spiro atoms. The number of aliphatic hydroxyl groups is 3. The van der Waals surface area contributed by atoms with Crippen LogP contribution in [0.5, 0.6) is 0 Å². The SMILES string of the molecule is CCCCCCCC/C=C\CCCCCCCCCCCC(=O)OC(COC(=O)CCCCCCCCC/C=C\CCCCCCCC)COC1OC(CS(=O)(=O)O)C(O)C(O)C1O. The third-order valence-electron chi connectivity index (χ3n) is 12.0. The highest BCUT2D eigenvalue weighted by molar-refractivity contribution is 7.85. The Morgan fingerprint density at radius 3 is 1.30 bits per heavy atom. The van der Waals surface area contributed by atoms with Crippen molar-refractivity contribution in [3.05, 3.63) is 24.3 Å². The summed E-state index contributed by atoms with van der Waals surface area (Å²) in [6, 6.07) is 0. The lowest BCUT2D eigenvalue weighted by Crippen LogP contribution is -2.60. The Morgan fingerprint density at radius 1 is 0.516 bits per heavy atom. The van der Waals surface area contributed by atoms with E-state index in [1.165, 1.54) is 148 Å². The maximum atomic E-state index is 12.9. The zero-order valence-corrected chi connectivity index (χ0v) is 41.2. The van der Waals surface area contributed by atoms with Crippen molar-refractivity contribution in [2.45, 2.75) is 269 Å². The number of hydrogen-bond donors (Lipinski definition) is 4. The first-order valence-electron chi connectivity index (χ1n) is 25.9. The number of unbranched alkanes of at least 4 members (excludes halogenated alkanes) is 28. The zero-order valence-electron chi connectivity index (χ0n) is 40.4. The number of ether oxygens (including phenoxy) is 4. The van der Waals surface area contributed by atoms with Crippen molar-refractivity contribution < 1.29 is 56.8 Å². The van der Waals surface area contributed by atoms with E-state index in [1.54, 1.807) is 0 Å². The van der Waals surface area contributed by atoms with Gasteiger partial charge in [0.25, 0.3) is 10.1 Å². The molecule has 1 rings (SSSR count). The predicted octanol–water partition coefficient (Wildman–Crippen LogP) is 11.6. The summed E-state index contributed by atoms with van der Waals surface area (Å²) in [5.41, 5.74) is 0. The molecular formula is C51H94O12S. The lowest BCUT2D eigenvalue weighted by Gasteiger charge is -2.40. The van der Waals surface area contributed by atoms with Crippen molar-refractivity contribution in [3.63, 3.8) is 0 Å². The van der Waals surface area contributed by atoms with Gasteiger partial charge in [-0.3, -0.25) is 14.1 Å². The Balaban J connectivity index is 2.37.